The highest BCUT2D eigenvalue weighted by Crippen LogP contribution is 2.55. The lowest BCUT2D eigenvalue weighted by Gasteiger charge is -2.23. The lowest BCUT2D eigenvalue weighted by atomic mass is 9.80. The Labute approximate surface area is 267 Å². The molecule has 0 radical (unpaired) electrons. The fourth-order valence-corrected chi connectivity index (χ4v) is 8.33. The summed E-state index contributed by atoms with van der Waals surface area (Å²) >= 11 is 0. The molecule has 0 saturated heterocycles. The Bertz CT molecular complexity index is 2660. The maximum Gasteiger partial charge on any atom is 0.143 e. The van der Waals surface area contributed by atoms with Crippen LogP contribution >= 0.6 is 0 Å². The van der Waals surface area contributed by atoms with Crippen LogP contribution in [0.25, 0.3) is 87.6 Å². The minimum atomic E-state index is -0.104. The smallest absolute Gasteiger partial charge is 0.143 e. The first kappa shape index (κ1) is 25.6. The van der Waals surface area contributed by atoms with Crippen LogP contribution in [0.4, 0.5) is 0 Å². The zero-order valence-electron chi connectivity index (χ0n) is 25.8. The molecular weight excluding hydrogens is 556 g/mol. The molecule has 1 heterocycles. The van der Waals surface area contributed by atoms with Crippen LogP contribution in [0.3, 0.4) is 0 Å². The van der Waals surface area contributed by atoms with Crippen LogP contribution < -0.4 is 0 Å². The van der Waals surface area contributed by atoms with Gasteiger partial charge in [-0.05, 0) is 83.9 Å². The van der Waals surface area contributed by atoms with E-state index in [9.17, 15) is 0 Å². The van der Waals surface area contributed by atoms with Gasteiger partial charge in [0.15, 0.2) is 0 Å². The van der Waals surface area contributed by atoms with Crippen molar-refractivity contribution in [1.82, 2.24) is 0 Å². The molecule has 216 valence electrons. The Morgan fingerprint density at radius 2 is 0.913 bits per heavy atom. The fourth-order valence-electron chi connectivity index (χ4n) is 8.33. The third-order valence-corrected chi connectivity index (χ3v) is 10.4. The summed E-state index contributed by atoms with van der Waals surface area (Å²) in [6, 6.07) is 53.4. The molecule has 0 unspecified atom stereocenters. The Balaban J connectivity index is 1.34. The molecule has 9 aromatic rings. The number of benzene rings is 8. The van der Waals surface area contributed by atoms with Gasteiger partial charge >= 0.3 is 0 Å². The highest BCUT2D eigenvalue weighted by Gasteiger charge is 2.37. The van der Waals surface area contributed by atoms with Crippen LogP contribution in [0.15, 0.2) is 150 Å². The van der Waals surface area contributed by atoms with Gasteiger partial charge in [0, 0.05) is 27.3 Å². The van der Waals surface area contributed by atoms with Crippen molar-refractivity contribution in [3.63, 3.8) is 0 Å². The van der Waals surface area contributed by atoms with Gasteiger partial charge in [0.1, 0.15) is 11.2 Å². The molecule has 0 atom stereocenters. The van der Waals surface area contributed by atoms with E-state index < -0.39 is 0 Å². The van der Waals surface area contributed by atoms with E-state index in [1.807, 2.05) is 6.07 Å². The zero-order valence-corrected chi connectivity index (χ0v) is 25.8. The maximum atomic E-state index is 6.61. The second-order valence-electron chi connectivity index (χ2n) is 13.2. The molecule has 0 bridgehead atoms. The summed E-state index contributed by atoms with van der Waals surface area (Å²) in [4.78, 5) is 0. The molecule has 0 fully saturated rings. The fraction of sp³-hybridized carbons (Fsp3) is 0.0667. The van der Waals surface area contributed by atoms with Crippen LogP contribution in [0, 0.1) is 0 Å². The quantitative estimate of drug-likeness (QED) is 0.184. The first-order valence-electron chi connectivity index (χ1n) is 16.1. The maximum absolute atomic E-state index is 6.61. The molecule has 0 spiro atoms. The van der Waals surface area contributed by atoms with E-state index in [1.54, 1.807) is 0 Å². The topological polar surface area (TPSA) is 13.1 Å². The Hall–Kier alpha value is -5.66. The van der Waals surface area contributed by atoms with Gasteiger partial charge in [0.05, 0.1) is 0 Å². The van der Waals surface area contributed by atoms with Crippen molar-refractivity contribution in [1.29, 1.82) is 0 Å². The van der Waals surface area contributed by atoms with Crippen LogP contribution in [-0.4, -0.2) is 0 Å². The monoisotopic (exact) mass is 586 g/mol. The van der Waals surface area contributed by atoms with E-state index in [1.165, 1.54) is 71.3 Å². The summed E-state index contributed by atoms with van der Waals surface area (Å²) in [7, 11) is 0. The summed E-state index contributed by atoms with van der Waals surface area (Å²) in [6.07, 6.45) is 0. The molecular formula is C45H30O. The Kier molecular flexibility index (Phi) is 5.12. The number of hydrogen-bond donors (Lipinski definition) is 0. The number of para-hydroxylation sites is 2. The van der Waals surface area contributed by atoms with Crippen molar-refractivity contribution in [2.45, 2.75) is 19.3 Å². The van der Waals surface area contributed by atoms with Crippen molar-refractivity contribution in [2.24, 2.45) is 0 Å². The molecule has 46 heavy (non-hydrogen) atoms. The van der Waals surface area contributed by atoms with Gasteiger partial charge in [0.25, 0.3) is 0 Å². The van der Waals surface area contributed by atoms with Gasteiger partial charge < -0.3 is 4.42 Å². The molecule has 1 nitrogen and oxygen atoms in total. The summed E-state index contributed by atoms with van der Waals surface area (Å²) in [5.41, 5.74) is 12.2. The lowest BCUT2D eigenvalue weighted by Crippen LogP contribution is -2.14. The number of rotatable bonds is 2. The first-order valence-corrected chi connectivity index (χ1v) is 16.1. The highest BCUT2D eigenvalue weighted by molar-refractivity contribution is 6.25. The van der Waals surface area contributed by atoms with Crippen LogP contribution in [0.1, 0.15) is 25.0 Å². The molecule has 0 saturated carbocycles. The van der Waals surface area contributed by atoms with E-state index in [-0.39, 0.29) is 5.41 Å². The molecule has 0 N–H and O–H groups in total. The summed E-state index contributed by atoms with van der Waals surface area (Å²) in [5, 5.41) is 9.85. The Morgan fingerprint density at radius 1 is 0.391 bits per heavy atom. The molecule has 1 aromatic heterocycles. The van der Waals surface area contributed by atoms with Crippen molar-refractivity contribution in [3.8, 4) is 33.4 Å². The summed E-state index contributed by atoms with van der Waals surface area (Å²) in [6.45, 7) is 4.76. The molecule has 0 aliphatic heterocycles. The van der Waals surface area contributed by atoms with Crippen molar-refractivity contribution in [2.75, 3.05) is 0 Å². The average Bonchev–Trinajstić information content (AvgIpc) is 3.58. The largest absolute Gasteiger partial charge is 0.455 e. The second kappa shape index (κ2) is 9.19. The van der Waals surface area contributed by atoms with Gasteiger partial charge in [-0.15, -0.1) is 0 Å². The van der Waals surface area contributed by atoms with E-state index in [0.717, 1.165) is 27.5 Å². The van der Waals surface area contributed by atoms with E-state index in [0.29, 0.717) is 0 Å². The minimum absolute atomic E-state index is 0.104. The number of fused-ring (bicyclic) bond motifs is 9. The van der Waals surface area contributed by atoms with Crippen LogP contribution in [0.5, 0.6) is 0 Å². The minimum Gasteiger partial charge on any atom is -0.455 e. The van der Waals surface area contributed by atoms with Crippen molar-refractivity contribution in [3.05, 3.63) is 157 Å². The predicted octanol–water partition coefficient (Wildman–Crippen LogP) is 12.7. The molecule has 1 aliphatic carbocycles. The molecule has 8 aromatic carbocycles. The van der Waals surface area contributed by atoms with Crippen LogP contribution in [-0.2, 0) is 5.41 Å². The van der Waals surface area contributed by atoms with Gasteiger partial charge in [0.2, 0.25) is 0 Å². The van der Waals surface area contributed by atoms with Crippen molar-refractivity contribution >= 4 is 54.3 Å². The molecule has 0 amide bonds. The van der Waals surface area contributed by atoms with Gasteiger partial charge in [-0.1, -0.05) is 141 Å². The van der Waals surface area contributed by atoms with E-state index in [4.69, 9.17) is 4.42 Å². The average molecular weight is 587 g/mol. The number of furan rings is 1. The molecule has 1 heteroatoms. The normalized spacial score (nSPS) is 13.6. The molecule has 10 rings (SSSR count). The van der Waals surface area contributed by atoms with E-state index in [2.05, 4.69) is 153 Å². The Morgan fingerprint density at radius 3 is 1.61 bits per heavy atom. The van der Waals surface area contributed by atoms with Gasteiger partial charge in [-0.25, -0.2) is 0 Å². The zero-order chi connectivity index (χ0) is 30.6. The van der Waals surface area contributed by atoms with Crippen LogP contribution in [0.2, 0.25) is 0 Å². The van der Waals surface area contributed by atoms with Crippen molar-refractivity contribution < 1.29 is 4.42 Å². The van der Waals surface area contributed by atoms with Gasteiger partial charge in [-0.3, -0.25) is 0 Å². The standard InChI is InChI=1S/C45H30O/c1-45(2)38-23-12-21-35(43(38)37-25-27-13-3-4-14-28(27)26-39(37)45)41-30-16-5-7-18-32(30)42(33-19-8-6-17-31(33)41)36-22-11-20-34-29-15-9-10-24-40(29)46-44(34)36/h3-26H,1-2H3. The predicted molar refractivity (Wildman–Crippen MR) is 195 cm³/mol. The molecule has 1 aliphatic rings. The van der Waals surface area contributed by atoms with Gasteiger partial charge in [-0.2, -0.15) is 0 Å². The van der Waals surface area contributed by atoms with E-state index >= 15 is 0 Å². The third kappa shape index (κ3) is 3.35. The SMILES string of the molecule is CC1(C)c2cc3ccccc3cc2-c2c(-c3c4ccccc4c(-c4cccc5c4oc4ccccc45)c4ccccc34)cccc21. The number of hydrogen-bond acceptors (Lipinski definition) is 1. The summed E-state index contributed by atoms with van der Waals surface area (Å²) in [5.74, 6) is 0. The first-order chi connectivity index (χ1) is 22.6. The highest BCUT2D eigenvalue weighted by atomic mass is 16.3. The second-order valence-corrected chi connectivity index (χ2v) is 13.2. The summed E-state index contributed by atoms with van der Waals surface area (Å²) < 4.78 is 6.61. The third-order valence-electron chi connectivity index (χ3n) is 10.4. The lowest BCUT2D eigenvalue weighted by molar-refractivity contribution is 0.661.